The number of benzene rings is 2. The van der Waals surface area contributed by atoms with Gasteiger partial charge in [-0.2, -0.15) is 5.10 Å². The highest BCUT2D eigenvalue weighted by molar-refractivity contribution is 5.84. The summed E-state index contributed by atoms with van der Waals surface area (Å²) in [6, 6.07) is 16.5. The van der Waals surface area contributed by atoms with E-state index in [4.69, 9.17) is 4.74 Å². The summed E-state index contributed by atoms with van der Waals surface area (Å²) >= 11 is 0. The quantitative estimate of drug-likeness (QED) is 0.467. The highest BCUT2D eigenvalue weighted by atomic mass is 19.1. The molecule has 33 heavy (non-hydrogen) atoms. The molecule has 0 spiro atoms. The van der Waals surface area contributed by atoms with Gasteiger partial charge in [0.25, 0.3) is 5.56 Å². The fourth-order valence-electron chi connectivity index (χ4n) is 3.38. The van der Waals surface area contributed by atoms with Crippen LogP contribution in [0.5, 0.6) is 0 Å². The van der Waals surface area contributed by atoms with Gasteiger partial charge in [-0.3, -0.25) is 14.7 Å². The zero-order chi connectivity index (χ0) is 23.4. The molecule has 0 aliphatic carbocycles. The lowest BCUT2D eigenvalue weighted by Crippen LogP contribution is -2.24. The van der Waals surface area contributed by atoms with Crippen LogP contribution in [0.1, 0.15) is 5.56 Å². The number of amides is 1. The standard InChI is InChI=1S/C24H24FN5O3/c1-28(2)12-13-33-24(32)26-20-5-3-4-17(14-20)16-30-23(31)9-8-22(27-30)29-11-10-18-6-7-19(25)15-21(18)29/h3-11,14-15H,12-13,16H2,1-2H3,(H,26,32). The zero-order valence-corrected chi connectivity index (χ0v) is 18.4. The van der Waals surface area contributed by atoms with Crippen molar-refractivity contribution in [3.05, 3.63) is 88.6 Å². The number of nitrogens with one attached hydrogen (secondary N) is 1. The summed E-state index contributed by atoms with van der Waals surface area (Å²) in [5.41, 5.74) is 1.71. The molecule has 0 atom stereocenters. The highest BCUT2D eigenvalue weighted by Crippen LogP contribution is 2.20. The fraction of sp³-hybridized carbons (Fsp3) is 0.208. The largest absolute Gasteiger partial charge is 0.448 e. The van der Waals surface area contributed by atoms with Crippen LogP contribution >= 0.6 is 0 Å². The maximum atomic E-state index is 13.7. The van der Waals surface area contributed by atoms with E-state index in [0.29, 0.717) is 23.6 Å². The molecule has 4 aromatic rings. The van der Waals surface area contributed by atoms with Gasteiger partial charge in [-0.25, -0.2) is 13.9 Å². The van der Waals surface area contributed by atoms with Crippen molar-refractivity contribution in [3.63, 3.8) is 0 Å². The summed E-state index contributed by atoms with van der Waals surface area (Å²) < 4.78 is 21.9. The van der Waals surface area contributed by atoms with E-state index in [1.165, 1.54) is 22.9 Å². The summed E-state index contributed by atoms with van der Waals surface area (Å²) in [5, 5.41) is 8.02. The van der Waals surface area contributed by atoms with Gasteiger partial charge < -0.3 is 9.64 Å². The van der Waals surface area contributed by atoms with Crippen LogP contribution in [0.4, 0.5) is 14.9 Å². The minimum absolute atomic E-state index is 0.200. The van der Waals surface area contributed by atoms with Crippen molar-refractivity contribution in [2.24, 2.45) is 0 Å². The van der Waals surface area contributed by atoms with Crippen LogP contribution in [0.2, 0.25) is 0 Å². The van der Waals surface area contributed by atoms with Gasteiger partial charge >= 0.3 is 6.09 Å². The third kappa shape index (κ3) is 5.45. The van der Waals surface area contributed by atoms with E-state index >= 15 is 0 Å². The molecule has 2 heterocycles. The van der Waals surface area contributed by atoms with Gasteiger partial charge in [0.05, 0.1) is 12.1 Å². The first-order chi connectivity index (χ1) is 15.9. The molecule has 8 nitrogen and oxygen atoms in total. The van der Waals surface area contributed by atoms with Crippen LogP contribution in [0.3, 0.4) is 0 Å². The van der Waals surface area contributed by atoms with Gasteiger partial charge in [-0.05, 0) is 62.1 Å². The monoisotopic (exact) mass is 449 g/mol. The maximum absolute atomic E-state index is 13.7. The van der Waals surface area contributed by atoms with Crippen LogP contribution in [0, 0.1) is 5.82 Å². The molecule has 0 fully saturated rings. The Hall–Kier alpha value is -3.98. The summed E-state index contributed by atoms with van der Waals surface area (Å²) in [4.78, 5) is 26.3. The second-order valence-corrected chi connectivity index (χ2v) is 7.84. The molecule has 0 bridgehead atoms. The Morgan fingerprint density at radius 1 is 1.12 bits per heavy atom. The molecule has 9 heteroatoms. The Morgan fingerprint density at radius 3 is 2.79 bits per heavy atom. The topological polar surface area (TPSA) is 81.4 Å². The summed E-state index contributed by atoms with van der Waals surface area (Å²) in [6.07, 6.45) is 1.24. The highest BCUT2D eigenvalue weighted by Gasteiger charge is 2.09. The minimum atomic E-state index is -0.544. The third-order valence-electron chi connectivity index (χ3n) is 5.03. The van der Waals surface area contributed by atoms with E-state index in [2.05, 4.69) is 10.4 Å². The lowest BCUT2D eigenvalue weighted by Gasteiger charge is -2.12. The van der Waals surface area contributed by atoms with Crippen LogP contribution in [0.15, 0.2) is 71.7 Å². The molecule has 2 aromatic heterocycles. The fourth-order valence-corrected chi connectivity index (χ4v) is 3.38. The zero-order valence-electron chi connectivity index (χ0n) is 18.4. The second-order valence-electron chi connectivity index (χ2n) is 7.84. The third-order valence-corrected chi connectivity index (χ3v) is 5.03. The predicted molar refractivity (Wildman–Crippen MR) is 124 cm³/mol. The van der Waals surface area contributed by atoms with Gasteiger partial charge in [-0.15, -0.1) is 0 Å². The minimum Gasteiger partial charge on any atom is -0.448 e. The molecular formula is C24H24FN5O3. The van der Waals surface area contributed by atoms with Crippen molar-refractivity contribution in [2.45, 2.75) is 6.54 Å². The molecule has 0 unspecified atom stereocenters. The Morgan fingerprint density at radius 2 is 1.97 bits per heavy atom. The van der Waals surface area contributed by atoms with Crippen LogP contribution in [-0.2, 0) is 11.3 Å². The maximum Gasteiger partial charge on any atom is 0.411 e. The molecule has 1 amide bonds. The Bertz CT molecular complexity index is 1350. The van der Waals surface area contributed by atoms with E-state index < -0.39 is 6.09 Å². The Kier molecular flexibility index (Phi) is 6.50. The lowest BCUT2D eigenvalue weighted by molar-refractivity contribution is 0.151. The first-order valence-corrected chi connectivity index (χ1v) is 10.4. The SMILES string of the molecule is CN(C)CCOC(=O)Nc1cccc(Cn2nc(-n3ccc4ccc(F)cc43)ccc2=O)c1. The normalized spacial score (nSPS) is 11.2. The predicted octanol–water partition coefficient (Wildman–Crippen LogP) is 3.48. The number of carbonyl (C=O) groups is 1. The second kappa shape index (κ2) is 9.66. The van der Waals surface area contributed by atoms with E-state index in [0.717, 1.165) is 10.9 Å². The van der Waals surface area contributed by atoms with Crippen molar-refractivity contribution in [1.82, 2.24) is 19.2 Å². The molecule has 0 aliphatic rings. The van der Waals surface area contributed by atoms with Crippen LogP contribution < -0.4 is 10.9 Å². The number of aromatic nitrogens is 3. The van der Waals surface area contributed by atoms with Crippen molar-refractivity contribution in [2.75, 3.05) is 32.6 Å². The van der Waals surface area contributed by atoms with Crippen LogP contribution in [-0.4, -0.2) is 52.6 Å². The van der Waals surface area contributed by atoms with Crippen molar-refractivity contribution >= 4 is 22.7 Å². The first-order valence-electron chi connectivity index (χ1n) is 10.4. The summed E-state index contributed by atoms with van der Waals surface area (Å²) in [6.45, 7) is 1.11. The van der Waals surface area contributed by atoms with Gasteiger partial charge in [0, 0.05) is 29.9 Å². The van der Waals surface area contributed by atoms with Crippen molar-refractivity contribution < 1.29 is 13.9 Å². The van der Waals surface area contributed by atoms with E-state index in [9.17, 15) is 14.0 Å². The van der Waals surface area contributed by atoms with Crippen molar-refractivity contribution in [3.8, 4) is 5.82 Å². The number of halogens is 1. The number of ether oxygens (including phenoxy) is 1. The molecule has 2 aromatic carbocycles. The van der Waals surface area contributed by atoms with E-state index in [1.807, 2.05) is 31.1 Å². The average molecular weight is 449 g/mol. The average Bonchev–Trinajstić information content (AvgIpc) is 3.18. The summed E-state index contributed by atoms with van der Waals surface area (Å²) in [5.74, 6) is 0.147. The van der Waals surface area contributed by atoms with Gasteiger partial charge in [0.2, 0.25) is 0 Å². The van der Waals surface area contributed by atoms with Crippen LogP contribution in [0.25, 0.3) is 16.7 Å². The first kappa shape index (κ1) is 22.2. The number of hydrogen-bond donors (Lipinski definition) is 1. The van der Waals surface area contributed by atoms with E-state index in [1.54, 1.807) is 41.1 Å². The number of carbonyl (C=O) groups excluding carboxylic acids is 1. The molecule has 0 saturated carbocycles. The molecule has 0 saturated heterocycles. The lowest BCUT2D eigenvalue weighted by atomic mass is 10.2. The van der Waals surface area contributed by atoms with Gasteiger partial charge in [0.15, 0.2) is 5.82 Å². The van der Waals surface area contributed by atoms with Gasteiger partial charge in [0.1, 0.15) is 12.4 Å². The number of hydrogen-bond acceptors (Lipinski definition) is 5. The van der Waals surface area contributed by atoms with Gasteiger partial charge in [-0.1, -0.05) is 12.1 Å². The molecule has 170 valence electrons. The number of fused-ring (bicyclic) bond motifs is 1. The number of nitrogens with zero attached hydrogens (tertiary/aromatic N) is 4. The number of anilines is 1. The number of rotatable bonds is 7. The summed E-state index contributed by atoms with van der Waals surface area (Å²) in [7, 11) is 3.79. The van der Waals surface area contributed by atoms with Crippen molar-refractivity contribution in [1.29, 1.82) is 0 Å². The smallest absolute Gasteiger partial charge is 0.411 e. The number of likely N-dealkylation sites (N-methyl/N-ethyl adjacent to an activating group) is 1. The Balaban J connectivity index is 1.52. The Labute approximate surface area is 189 Å². The molecule has 4 rings (SSSR count). The molecular weight excluding hydrogens is 425 g/mol. The molecule has 0 radical (unpaired) electrons. The molecule has 1 N–H and O–H groups in total. The molecule has 0 aliphatic heterocycles. The van der Waals surface area contributed by atoms with E-state index in [-0.39, 0.29) is 24.5 Å².